The lowest BCUT2D eigenvalue weighted by Gasteiger charge is -1.95. The predicted molar refractivity (Wildman–Crippen MR) is 39.5 cm³/mol. The van der Waals surface area contributed by atoms with Crippen molar-refractivity contribution >= 4 is 15.8 Å². The van der Waals surface area contributed by atoms with Crippen LogP contribution in [-0.4, -0.2) is 18.0 Å². The van der Waals surface area contributed by atoms with Crippen molar-refractivity contribution in [2.24, 2.45) is 5.18 Å². The van der Waals surface area contributed by atoms with Crippen molar-refractivity contribution < 1.29 is 13.0 Å². The Morgan fingerprint density at radius 1 is 1.50 bits per heavy atom. The summed E-state index contributed by atoms with van der Waals surface area (Å²) in [5, 5.41) is 1.66. The van der Waals surface area contributed by atoms with Crippen LogP contribution in [0, 0.1) is 4.91 Å². The molecule has 1 aromatic rings. The molecule has 6 nitrogen and oxygen atoms in total. The van der Waals surface area contributed by atoms with Gasteiger partial charge in [-0.25, -0.2) is 4.98 Å². The molecule has 12 heavy (non-hydrogen) atoms. The summed E-state index contributed by atoms with van der Waals surface area (Å²) in [6, 6.07) is 2.48. The van der Waals surface area contributed by atoms with Crippen LogP contribution in [0.4, 0.5) is 5.69 Å². The molecule has 0 aliphatic carbocycles. The van der Waals surface area contributed by atoms with Crippen molar-refractivity contribution in [3.63, 3.8) is 0 Å². The number of aromatic nitrogens is 1. The molecular weight excluding hydrogens is 184 g/mol. The zero-order chi connectivity index (χ0) is 9.19. The lowest BCUT2D eigenvalue weighted by molar-refractivity contribution is 0.479. The van der Waals surface area contributed by atoms with E-state index in [0.717, 1.165) is 12.3 Å². The van der Waals surface area contributed by atoms with Gasteiger partial charge >= 0.3 is 10.1 Å². The van der Waals surface area contributed by atoms with E-state index in [-0.39, 0.29) is 0 Å². The molecule has 0 aliphatic heterocycles. The van der Waals surface area contributed by atoms with E-state index < -0.39 is 20.8 Å². The molecule has 0 saturated heterocycles. The van der Waals surface area contributed by atoms with Crippen molar-refractivity contribution in [2.45, 2.75) is 5.03 Å². The van der Waals surface area contributed by atoms with Gasteiger partial charge in [-0.3, -0.25) is 4.55 Å². The van der Waals surface area contributed by atoms with Crippen LogP contribution in [0.25, 0.3) is 0 Å². The Bertz CT molecular complexity index is 400. The van der Waals surface area contributed by atoms with Crippen molar-refractivity contribution in [3.05, 3.63) is 23.2 Å². The van der Waals surface area contributed by atoms with Gasteiger partial charge in [0.05, 0.1) is 0 Å². The fraction of sp³-hybridized carbons (Fsp3) is 0. The number of nitrogens with zero attached hydrogens (tertiary/aromatic N) is 2. The zero-order valence-corrected chi connectivity index (χ0v) is 6.52. The van der Waals surface area contributed by atoms with E-state index in [1.54, 1.807) is 0 Å². The maximum Gasteiger partial charge on any atom is 0.314 e. The monoisotopic (exact) mass is 188 g/mol. The lowest BCUT2D eigenvalue weighted by atomic mass is 10.4. The average molecular weight is 188 g/mol. The normalized spacial score (nSPS) is 11.1. The van der Waals surface area contributed by atoms with Crippen LogP contribution >= 0.6 is 0 Å². The van der Waals surface area contributed by atoms with Crippen LogP contribution in [0.15, 0.2) is 28.5 Å². The number of pyridine rings is 1. The molecule has 0 unspecified atom stereocenters. The van der Waals surface area contributed by atoms with Crippen molar-refractivity contribution in [3.8, 4) is 0 Å². The summed E-state index contributed by atoms with van der Waals surface area (Å²) in [6.45, 7) is 0. The topological polar surface area (TPSA) is 96.7 Å². The third-order valence-electron chi connectivity index (χ3n) is 1.09. The molecule has 0 bridgehead atoms. The van der Waals surface area contributed by atoms with Gasteiger partial charge in [-0.15, -0.1) is 4.91 Å². The molecule has 0 fully saturated rings. The summed E-state index contributed by atoms with van der Waals surface area (Å²) in [6.07, 6.45) is 1.14. The van der Waals surface area contributed by atoms with Crippen LogP contribution in [0.5, 0.6) is 0 Å². The minimum atomic E-state index is -4.45. The predicted octanol–water partition coefficient (Wildman–Crippen LogP) is 0.726. The lowest BCUT2D eigenvalue weighted by Crippen LogP contribution is -2.00. The van der Waals surface area contributed by atoms with Gasteiger partial charge in [-0.1, -0.05) is 0 Å². The Morgan fingerprint density at radius 2 is 2.17 bits per heavy atom. The summed E-state index contributed by atoms with van der Waals surface area (Å²) < 4.78 is 29.5. The van der Waals surface area contributed by atoms with Gasteiger partial charge in [0.1, 0.15) is 5.69 Å². The van der Waals surface area contributed by atoms with Gasteiger partial charge in [0, 0.05) is 6.20 Å². The Labute approximate surface area is 68.0 Å². The minimum absolute atomic E-state index is 0.403. The van der Waals surface area contributed by atoms with E-state index in [1.165, 1.54) is 6.07 Å². The highest BCUT2D eigenvalue weighted by molar-refractivity contribution is 7.85. The molecule has 0 amide bonds. The van der Waals surface area contributed by atoms with Gasteiger partial charge in [-0.05, 0) is 17.3 Å². The molecule has 0 aromatic carbocycles. The fourth-order valence-electron chi connectivity index (χ4n) is 0.651. The van der Waals surface area contributed by atoms with Gasteiger partial charge in [0.2, 0.25) is 5.03 Å². The van der Waals surface area contributed by atoms with Crippen molar-refractivity contribution in [2.75, 3.05) is 0 Å². The Hall–Kier alpha value is -1.34. The molecular formula is C5H4N2O4S. The van der Waals surface area contributed by atoms with E-state index in [0.29, 0.717) is 0 Å². The molecule has 0 radical (unpaired) electrons. The summed E-state index contributed by atoms with van der Waals surface area (Å²) >= 11 is 0. The maximum atomic E-state index is 10.5. The SMILES string of the molecule is O=Nc1cccnc1S(=O)(=O)O. The second-order valence-electron chi connectivity index (χ2n) is 1.89. The molecule has 64 valence electrons. The molecule has 0 spiro atoms. The van der Waals surface area contributed by atoms with Crippen molar-refractivity contribution in [1.82, 2.24) is 4.98 Å². The molecule has 1 rings (SSSR count). The summed E-state index contributed by atoms with van der Waals surface area (Å²) in [5.41, 5.74) is -0.403. The van der Waals surface area contributed by atoms with Gasteiger partial charge in [-0.2, -0.15) is 8.42 Å². The second kappa shape index (κ2) is 2.95. The molecule has 1 heterocycles. The zero-order valence-electron chi connectivity index (χ0n) is 5.71. The second-order valence-corrected chi connectivity index (χ2v) is 3.23. The van der Waals surface area contributed by atoms with E-state index in [4.69, 9.17) is 4.55 Å². The van der Waals surface area contributed by atoms with Crippen LogP contribution < -0.4 is 0 Å². The number of hydrogen-bond acceptors (Lipinski definition) is 5. The highest BCUT2D eigenvalue weighted by Crippen LogP contribution is 2.19. The number of nitroso groups, excluding NO2 is 1. The quantitative estimate of drug-likeness (QED) is 0.545. The first kappa shape index (κ1) is 8.75. The molecule has 0 saturated carbocycles. The van der Waals surface area contributed by atoms with Crippen LogP contribution in [0.2, 0.25) is 0 Å². The van der Waals surface area contributed by atoms with Gasteiger partial charge in [0.25, 0.3) is 0 Å². The Kier molecular flexibility index (Phi) is 2.15. The molecule has 1 aromatic heterocycles. The molecule has 0 aliphatic rings. The van der Waals surface area contributed by atoms with Gasteiger partial charge < -0.3 is 0 Å². The standard InChI is InChI=1S/C5H4N2O4S/c8-7-4-2-1-3-6-5(4)12(9,10)11/h1-3H,(H,9,10,11). The first-order chi connectivity index (χ1) is 5.55. The largest absolute Gasteiger partial charge is 0.314 e. The maximum absolute atomic E-state index is 10.5. The number of rotatable bonds is 2. The average Bonchev–Trinajstić information content (AvgIpc) is 2.03. The van der Waals surface area contributed by atoms with E-state index >= 15 is 0 Å². The summed E-state index contributed by atoms with van der Waals surface area (Å²) in [7, 11) is -4.45. The summed E-state index contributed by atoms with van der Waals surface area (Å²) in [5.74, 6) is 0. The third-order valence-corrected chi connectivity index (χ3v) is 1.90. The third kappa shape index (κ3) is 1.63. The van der Waals surface area contributed by atoms with Crippen LogP contribution in [-0.2, 0) is 10.1 Å². The molecule has 7 heteroatoms. The van der Waals surface area contributed by atoms with Crippen LogP contribution in [0.1, 0.15) is 0 Å². The van der Waals surface area contributed by atoms with E-state index in [9.17, 15) is 13.3 Å². The van der Waals surface area contributed by atoms with Gasteiger partial charge in [0.15, 0.2) is 0 Å². The minimum Gasteiger partial charge on any atom is -0.281 e. The van der Waals surface area contributed by atoms with E-state index in [1.807, 2.05) is 0 Å². The first-order valence-electron chi connectivity index (χ1n) is 2.81. The van der Waals surface area contributed by atoms with Crippen molar-refractivity contribution in [1.29, 1.82) is 0 Å². The Morgan fingerprint density at radius 3 is 2.58 bits per heavy atom. The highest BCUT2D eigenvalue weighted by atomic mass is 32.2. The molecule has 0 atom stereocenters. The highest BCUT2D eigenvalue weighted by Gasteiger charge is 2.16. The summed E-state index contributed by atoms with van der Waals surface area (Å²) in [4.78, 5) is 13.3. The fourth-order valence-corrected chi connectivity index (χ4v) is 1.21. The smallest absolute Gasteiger partial charge is 0.281 e. The van der Waals surface area contributed by atoms with E-state index in [2.05, 4.69) is 10.2 Å². The first-order valence-corrected chi connectivity index (χ1v) is 4.25. The van der Waals surface area contributed by atoms with Crippen LogP contribution in [0.3, 0.4) is 0 Å². The molecule has 1 N–H and O–H groups in total. The number of hydrogen-bond donors (Lipinski definition) is 1. The Balaban J connectivity index is 3.43.